The number of rotatable bonds is 7. The molecule has 0 saturated carbocycles. The van der Waals surface area contributed by atoms with Crippen molar-refractivity contribution in [2.75, 3.05) is 4.90 Å². The molecule has 8 aromatic rings. The minimum absolute atomic E-state index is 0. The maximum absolute atomic E-state index is 6.89. The quantitative estimate of drug-likeness (QED) is 0.149. The molecule has 0 spiro atoms. The van der Waals surface area contributed by atoms with Gasteiger partial charge in [-0.25, -0.2) is 0 Å². The smallest absolute Gasteiger partial charge is 0.503 e. The van der Waals surface area contributed by atoms with Crippen LogP contribution in [-0.2, 0) is 31.9 Å². The van der Waals surface area contributed by atoms with Crippen LogP contribution in [0.2, 0.25) is 0 Å². The Kier molecular flexibility index (Phi) is 10.5. The Morgan fingerprint density at radius 3 is 1.91 bits per heavy atom. The van der Waals surface area contributed by atoms with Crippen LogP contribution in [0.5, 0.6) is 11.5 Å². The van der Waals surface area contributed by atoms with Crippen molar-refractivity contribution in [1.82, 2.24) is 9.97 Å². The monoisotopic (exact) mass is 932 g/mol. The van der Waals surface area contributed by atoms with Crippen LogP contribution in [0.3, 0.4) is 0 Å². The van der Waals surface area contributed by atoms with Crippen molar-refractivity contribution in [1.29, 1.82) is 0 Å². The molecule has 6 aromatic carbocycles. The third kappa shape index (κ3) is 6.86. The van der Waals surface area contributed by atoms with E-state index in [0.29, 0.717) is 11.5 Å². The molecule has 286 valence electrons. The first-order valence-corrected chi connectivity index (χ1v) is 19.5. The van der Waals surface area contributed by atoms with Gasteiger partial charge in [0.15, 0.2) is 0 Å². The summed E-state index contributed by atoms with van der Waals surface area (Å²) in [5, 5.41) is 0. The summed E-state index contributed by atoms with van der Waals surface area (Å²) in [6, 6.07) is 62.6. The first kappa shape index (κ1) is 38.8. The molecule has 0 N–H and O–H groups in total. The molecular formula is C53H43N3OPt. The van der Waals surface area contributed by atoms with Gasteiger partial charge >= 0.3 is 21.1 Å². The molecule has 3 heterocycles. The number of para-hydroxylation sites is 3. The van der Waals surface area contributed by atoms with Crippen molar-refractivity contribution in [2.45, 2.75) is 45.4 Å². The van der Waals surface area contributed by atoms with Gasteiger partial charge in [-0.05, 0) is 101 Å². The average molecular weight is 933 g/mol. The van der Waals surface area contributed by atoms with Crippen molar-refractivity contribution in [3.05, 3.63) is 221 Å². The Balaban J connectivity index is 0.00000469. The number of aryl methyl sites for hydroxylation is 2. The summed E-state index contributed by atoms with van der Waals surface area (Å²) in [6.45, 7) is 11.0. The molecule has 0 aliphatic carbocycles. The first-order valence-electron chi connectivity index (χ1n) is 19.5. The number of hydrogen-bond acceptors (Lipinski definition) is 4. The van der Waals surface area contributed by atoms with Crippen molar-refractivity contribution in [3.63, 3.8) is 0 Å². The van der Waals surface area contributed by atoms with Crippen molar-refractivity contribution < 1.29 is 25.8 Å². The van der Waals surface area contributed by atoms with Crippen molar-refractivity contribution in [3.8, 4) is 33.9 Å². The standard InChI is InChI=1S/C53H43N3O.Pt/c1-36-17-15-18-37(2)51(36)39-31-38(47-35-40(28-30-54-47)52(3,4)5)32-44(33-39)57-43-22-16-19-41(34-43)53(50-27-13-14-29-55-50)45-23-9-11-25-48(45)56(42-20-7-6-8-21-42)49-26-12-10-24-46(49)53;/h6-31,33,35H,1-5H3;/q-2;+2. The van der Waals surface area contributed by atoms with Gasteiger partial charge in [0.25, 0.3) is 0 Å². The van der Waals surface area contributed by atoms with Gasteiger partial charge in [-0.1, -0.05) is 123 Å². The zero-order chi connectivity index (χ0) is 39.1. The molecule has 0 fully saturated rings. The number of ether oxygens (including phenoxy) is 1. The fraction of sp³-hybridized carbons (Fsp3) is 0.132. The Hall–Kier alpha value is -6.09. The van der Waals surface area contributed by atoms with E-state index in [4.69, 9.17) is 14.7 Å². The first-order chi connectivity index (χ1) is 27.7. The molecule has 1 aliphatic heterocycles. The van der Waals surface area contributed by atoms with E-state index in [1.807, 2.05) is 24.5 Å². The van der Waals surface area contributed by atoms with Gasteiger partial charge < -0.3 is 14.6 Å². The molecule has 58 heavy (non-hydrogen) atoms. The summed E-state index contributed by atoms with van der Waals surface area (Å²) in [7, 11) is 0. The van der Waals surface area contributed by atoms with E-state index in [2.05, 4.69) is 197 Å². The number of anilines is 3. The van der Waals surface area contributed by atoms with Gasteiger partial charge in [0.1, 0.15) is 0 Å². The molecule has 4 nitrogen and oxygen atoms in total. The minimum atomic E-state index is -0.814. The Bertz CT molecular complexity index is 2670. The van der Waals surface area contributed by atoms with Gasteiger partial charge in [-0.3, -0.25) is 4.98 Å². The van der Waals surface area contributed by atoms with Crippen LogP contribution in [0.1, 0.15) is 59.8 Å². The van der Waals surface area contributed by atoms with E-state index >= 15 is 0 Å². The molecule has 2 aromatic heterocycles. The second kappa shape index (κ2) is 15.7. The summed E-state index contributed by atoms with van der Waals surface area (Å²) < 4.78 is 6.89. The second-order valence-electron chi connectivity index (χ2n) is 15.8. The zero-order valence-corrected chi connectivity index (χ0v) is 35.5. The third-order valence-corrected chi connectivity index (χ3v) is 11.1. The topological polar surface area (TPSA) is 38.2 Å². The van der Waals surface area contributed by atoms with E-state index in [1.54, 1.807) is 0 Å². The third-order valence-electron chi connectivity index (χ3n) is 11.1. The zero-order valence-electron chi connectivity index (χ0n) is 33.2. The molecule has 5 heteroatoms. The summed E-state index contributed by atoms with van der Waals surface area (Å²) in [5.41, 5.74) is 14.0. The van der Waals surface area contributed by atoms with E-state index in [-0.39, 0.29) is 26.5 Å². The van der Waals surface area contributed by atoms with Gasteiger partial charge in [-0.2, -0.15) is 12.1 Å². The van der Waals surface area contributed by atoms with E-state index in [9.17, 15) is 0 Å². The molecular weight excluding hydrogens is 890 g/mol. The average Bonchev–Trinajstić information content (AvgIpc) is 3.23. The Labute approximate surface area is 356 Å². The van der Waals surface area contributed by atoms with E-state index in [1.165, 1.54) is 22.3 Å². The summed E-state index contributed by atoms with van der Waals surface area (Å²) in [5.74, 6) is 1.17. The van der Waals surface area contributed by atoms with Crippen LogP contribution < -0.4 is 9.64 Å². The Morgan fingerprint density at radius 2 is 1.24 bits per heavy atom. The van der Waals surface area contributed by atoms with Crippen molar-refractivity contribution >= 4 is 17.1 Å². The molecule has 0 unspecified atom stereocenters. The number of fused-ring (bicyclic) bond motifs is 2. The number of nitrogens with zero attached hydrogens (tertiary/aromatic N) is 3. The fourth-order valence-corrected chi connectivity index (χ4v) is 8.43. The van der Waals surface area contributed by atoms with Gasteiger partial charge in [0.05, 0.1) is 22.5 Å². The summed E-state index contributed by atoms with van der Waals surface area (Å²) in [4.78, 5) is 12.3. The molecule has 9 rings (SSSR count). The van der Waals surface area contributed by atoms with Crippen LogP contribution in [0, 0.1) is 26.0 Å². The molecule has 0 bridgehead atoms. The number of benzene rings is 6. The SMILES string of the molecule is Cc1cccc(C)c1-c1cc(Oc2[c-]c(C3(c4ccccn4)c4ccccc4N(c4ccccc4)c4ccccc43)ccc2)[c-]c(-c2cc(C(C)(C)C)ccn2)c1.[Pt+2]. The fourth-order valence-electron chi connectivity index (χ4n) is 8.43. The molecule has 1 aliphatic rings. The Morgan fingerprint density at radius 1 is 0.586 bits per heavy atom. The van der Waals surface area contributed by atoms with Crippen LogP contribution in [0.25, 0.3) is 22.4 Å². The van der Waals surface area contributed by atoms with Gasteiger partial charge in [0.2, 0.25) is 0 Å². The maximum Gasteiger partial charge on any atom is 2.00 e. The summed E-state index contributed by atoms with van der Waals surface area (Å²) in [6.07, 6.45) is 3.77. The molecule has 0 amide bonds. The van der Waals surface area contributed by atoms with E-state index in [0.717, 1.165) is 56.3 Å². The number of aromatic nitrogens is 2. The van der Waals surface area contributed by atoms with Crippen LogP contribution >= 0.6 is 0 Å². The molecule has 0 saturated heterocycles. The predicted octanol–water partition coefficient (Wildman–Crippen LogP) is 13.3. The number of hydrogen-bond donors (Lipinski definition) is 0. The number of pyridine rings is 2. The summed E-state index contributed by atoms with van der Waals surface area (Å²) >= 11 is 0. The van der Waals surface area contributed by atoms with Crippen LogP contribution in [0.4, 0.5) is 17.1 Å². The van der Waals surface area contributed by atoms with Gasteiger partial charge in [0, 0.05) is 29.6 Å². The largest absolute Gasteiger partial charge is 2.00 e. The van der Waals surface area contributed by atoms with Crippen LogP contribution in [-0.4, -0.2) is 9.97 Å². The maximum atomic E-state index is 6.89. The van der Waals surface area contributed by atoms with Gasteiger partial charge in [-0.15, -0.1) is 29.3 Å². The minimum Gasteiger partial charge on any atom is -0.503 e. The molecule has 0 atom stereocenters. The van der Waals surface area contributed by atoms with Crippen molar-refractivity contribution in [2.24, 2.45) is 0 Å². The second-order valence-corrected chi connectivity index (χ2v) is 15.8. The normalized spacial score (nSPS) is 12.9. The van der Waals surface area contributed by atoms with E-state index < -0.39 is 5.41 Å². The predicted molar refractivity (Wildman–Crippen MR) is 232 cm³/mol. The molecule has 0 radical (unpaired) electrons. The van der Waals surface area contributed by atoms with Crippen LogP contribution in [0.15, 0.2) is 170 Å².